The van der Waals surface area contributed by atoms with Crippen LogP contribution in [-0.4, -0.2) is 0 Å². The van der Waals surface area contributed by atoms with Gasteiger partial charge in [0.05, 0.1) is 0 Å². The van der Waals surface area contributed by atoms with Gasteiger partial charge in [-0.05, 0) is 35.0 Å². The molecule has 0 radical (unpaired) electrons. The summed E-state index contributed by atoms with van der Waals surface area (Å²) in [5.74, 6) is 2.48. The molecule has 0 aliphatic rings. The minimum atomic E-state index is 0.449. The summed E-state index contributed by atoms with van der Waals surface area (Å²) in [7, 11) is 0. The Morgan fingerprint density at radius 3 is 1.56 bits per heavy atom. The number of hydrogen-bond donors (Lipinski definition) is 0. The first-order chi connectivity index (χ1) is 8.14. The smallest absolute Gasteiger partial charge is 0.0295 e. The molecule has 0 rings (SSSR count). The van der Waals surface area contributed by atoms with Gasteiger partial charge in [-0.1, -0.05) is 81.6 Å². The van der Waals surface area contributed by atoms with Gasteiger partial charge in [0.15, 0.2) is 0 Å². The standard InChI is InChI=1S/C18H38/c1-10-16(11-2)15(6)18(9,12-3)13-17(7,8)14(4)5/h14-16H,10-13H2,1-9H3. The van der Waals surface area contributed by atoms with E-state index < -0.39 is 0 Å². The van der Waals surface area contributed by atoms with Gasteiger partial charge < -0.3 is 0 Å². The summed E-state index contributed by atoms with van der Waals surface area (Å²) in [6.45, 7) is 21.8. The van der Waals surface area contributed by atoms with Crippen LogP contribution in [0.1, 0.15) is 88.0 Å². The molecule has 0 N–H and O–H groups in total. The van der Waals surface area contributed by atoms with Crippen molar-refractivity contribution in [2.75, 3.05) is 0 Å². The molecule has 2 atom stereocenters. The van der Waals surface area contributed by atoms with Crippen LogP contribution in [-0.2, 0) is 0 Å². The molecule has 0 fully saturated rings. The van der Waals surface area contributed by atoms with Crippen molar-refractivity contribution < 1.29 is 0 Å². The van der Waals surface area contributed by atoms with Gasteiger partial charge in [0.2, 0.25) is 0 Å². The fourth-order valence-electron chi connectivity index (χ4n) is 3.42. The molecule has 0 heteroatoms. The van der Waals surface area contributed by atoms with Crippen LogP contribution in [0.5, 0.6) is 0 Å². The van der Waals surface area contributed by atoms with Crippen LogP contribution in [0.2, 0.25) is 0 Å². The predicted molar refractivity (Wildman–Crippen MR) is 84.9 cm³/mol. The quantitative estimate of drug-likeness (QED) is 0.461. The molecule has 0 heterocycles. The fraction of sp³-hybridized carbons (Fsp3) is 1.00. The lowest BCUT2D eigenvalue weighted by atomic mass is 9.60. The van der Waals surface area contributed by atoms with Crippen LogP contribution < -0.4 is 0 Å². The Balaban J connectivity index is 5.00. The summed E-state index contributed by atoms with van der Waals surface area (Å²) < 4.78 is 0. The van der Waals surface area contributed by atoms with Crippen LogP contribution in [0.3, 0.4) is 0 Å². The van der Waals surface area contributed by atoms with Crippen molar-refractivity contribution in [3.63, 3.8) is 0 Å². The largest absolute Gasteiger partial charge is 0.0651 e. The van der Waals surface area contributed by atoms with Gasteiger partial charge in [-0.2, -0.15) is 0 Å². The molecule has 110 valence electrons. The second-order valence-electron chi connectivity index (χ2n) is 7.69. The van der Waals surface area contributed by atoms with Crippen molar-refractivity contribution >= 4 is 0 Å². The molecule has 0 amide bonds. The van der Waals surface area contributed by atoms with E-state index in [1.54, 1.807) is 0 Å². The Bertz CT molecular complexity index is 222. The Morgan fingerprint density at radius 2 is 1.28 bits per heavy atom. The molecule has 0 bridgehead atoms. The average molecular weight is 255 g/mol. The third kappa shape index (κ3) is 4.28. The van der Waals surface area contributed by atoms with Crippen LogP contribution >= 0.6 is 0 Å². The van der Waals surface area contributed by atoms with E-state index in [0.29, 0.717) is 10.8 Å². The van der Waals surface area contributed by atoms with E-state index >= 15 is 0 Å². The van der Waals surface area contributed by atoms with Crippen LogP contribution in [0.15, 0.2) is 0 Å². The highest BCUT2D eigenvalue weighted by molar-refractivity contribution is 4.88. The summed E-state index contributed by atoms with van der Waals surface area (Å²) in [5, 5.41) is 0. The first kappa shape index (κ1) is 18.0. The van der Waals surface area contributed by atoms with Crippen molar-refractivity contribution in [2.24, 2.45) is 28.6 Å². The van der Waals surface area contributed by atoms with E-state index in [1.165, 1.54) is 25.7 Å². The minimum absolute atomic E-state index is 0.449. The number of rotatable bonds is 8. The molecule has 0 aliphatic carbocycles. The maximum Gasteiger partial charge on any atom is -0.0295 e. The zero-order chi connectivity index (χ0) is 14.6. The second-order valence-corrected chi connectivity index (χ2v) is 7.69. The molecule has 0 aromatic heterocycles. The topological polar surface area (TPSA) is 0 Å². The lowest BCUT2D eigenvalue weighted by Crippen LogP contribution is -2.36. The Hall–Kier alpha value is 0. The zero-order valence-corrected chi connectivity index (χ0v) is 14.6. The van der Waals surface area contributed by atoms with E-state index in [4.69, 9.17) is 0 Å². The molecule has 0 aromatic rings. The summed E-state index contributed by atoms with van der Waals surface area (Å²) in [6, 6.07) is 0. The first-order valence-electron chi connectivity index (χ1n) is 8.14. The van der Waals surface area contributed by atoms with E-state index in [2.05, 4.69) is 62.3 Å². The fourth-order valence-corrected chi connectivity index (χ4v) is 3.42. The SMILES string of the molecule is CCC(CC)C(C)C(C)(CC)CC(C)(C)C(C)C. The van der Waals surface area contributed by atoms with Crippen LogP contribution in [0.4, 0.5) is 0 Å². The zero-order valence-electron chi connectivity index (χ0n) is 14.6. The van der Waals surface area contributed by atoms with Crippen molar-refractivity contribution in [2.45, 2.75) is 88.0 Å². The van der Waals surface area contributed by atoms with E-state index in [-0.39, 0.29) is 0 Å². The maximum atomic E-state index is 2.53. The highest BCUT2D eigenvalue weighted by Crippen LogP contribution is 2.48. The summed E-state index contributed by atoms with van der Waals surface area (Å²) in [6.07, 6.45) is 5.32. The van der Waals surface area contributed by atoms with Crippen LogP contribution in [0.25, 0.3) is 0 Å². The Kier molecular flexibility index (Phi) is 6.96. The van der Waals surface area contributed by atoms with Crippen molar-refractivity contribution in [1.82, 2.24) is 0 Å². The van der Waals surface area contributed by atoms with Gasteiger partial charge in [-0.15, -0.1) is 0 Å². The van der Waals surface area contributed by atoms with Gasteiger partial charge in [-0.3, -0.25) is 0 Å². The molecule has 0 aromatic carbocycles. The van der Waals surface area contributed by atoms with Gasteiger partial charge in [0.25, 0.3) is 0 Å². The molecule has 0 saturated heterocycles. The lowest BCUT2D eigenvalue weighted by molar-refractivity contribution is 0.0443. The van der Waals surface area contributed by atoms with E-state index in [0.717, 1.165) is 17.8 Å². The van der Waals surface area contributed by atoms with Crippen molar-refractivity contribution in [3.8, 4) is 0 Å². The molecule has 0 saturated carbocycles. The molecule has 2 unspecified atom stereocenters. The average Bonchev–Trinajstić information content (AvgIpc) is 2.29. The van der Waals surface area contributed by atoms with E-state index in [1.807, 2.05) is 0 Å². The first-order valence-corrected chi connectivity index (χ1v) is 8.14. The predicted octanol–water partition coefficient (Wildman–Crippen LogP) is 6.55. The normalized spacial score (nSPS) is 18.2. The maximum absolute atomic E-state index is 2.53. The number of hydrogen-bond acceptors (Lipinski definition) is 0. The second kappa shape index (κ2) is 6.96. The van der Waals surface area contributed by atoms with Gasteiger partial charge in [0.1, 0.15) is 0 Å². The molecule has 0 aliphatic heterocycles. The monoisotopic (exact) mass is 254 g/mol. The Labute approximate surface area is 117 Å². The molecular weight excluding hydrogens is 216 g/mol. The molecular formula is C18H38. The Morgan fingerprint density at radius 1 is 0.833 bits per heavy atom. The van der Waals surface area contributed by atoms with Gasteiger partial charge in [0, 0.05) is 0 Å². The summed E-state index contributed by atoms with van der Waals surface area (Å²) in [4.78, 5) is 0. The molecule has 18 heavy (non-hydrogen) atoms. The summed E-state index contributed by atoms with van der Waals surface area (Å²) >= 11 is 0. The van der Waals surface area contributed by atoms with Gasteiger partial charge >= 0.3 is 0 Å². The van der Waals surface area contributed by atoms with Crippen molar-refractivity contribution in [3.05, 3.63) is 0 Å². The third-order valence-corrected chi connectivity index (χ3v) is 6.09. The lowest BCUT2D eigenvalue weighted by Gasteiger charge is -2.45. The molecule has 0 nitrogen and oxygen atoms in total. The molecule has 0 spiro atoms. The highest BCUT2D eigenvalue weighted by Gasteiger charge is 2.38. The van der Waals surface area contributed by atoms with E-state index in [9.17, 15) is 0 Å². The third-order valence-electron chi connectivity index (χ3n) is 6.09. The highest BCUT2D eigenvalue weighted by atomic mass is 14.4. The van der Waals surface area contributed by atoms with Crippen molar-refractivity contribution in [1.29, 1.82) is 0 Å². The summed E-state index contributed by atoms with van der Waals surface area (Å²) in [5.41, 5.74) is 0.940. The van der Waals surface area contributed by atoms with Crippen LogP contribution in [0, 0.1) is 28.6 Å². The minimum Gasteiger partial charge on any atom is -0.0651 e. The van der Waals surface area contributed by atoms with Gasteiger partial charge in [-0.25, -0.2) is 0 Å².